The van der Waals surface area contributed by atoms with Crippen molar-refractivity contribution < 1.29 is 14.4 Å². The zero-order valence-corrected chi connectivity index (χ0v) is 13.8. The molecule has 126 valence electrons. The first kappa shape index (κ1) is 16.6. The van der Waals surface area contributed by atoms with Gasteiger partial charge in [-0.25, -0.2) is 0 Å². The van der Waals surface area contributed by atoms with Crippen LogP contribution in [-0.2, 0) is 6.61 Å². The van der Waals surface area contributed by atoms with E-state index in [9.17, 15) is 5.26 Å². The van der Waals surface area contributed by atoms with Gasteiger partial charge >= 0.3 is 0 Å². The van der Waals surface area contributed by atoms with Crippen molar-refractivity contribution >= 4 is 0 Å². The molecule has 1 aromatic carbocycles. The van der Waals surface area contributed by atoms with Gasteiger partial charge in [-0.05, 0) is 44.2 Å². The maximum atomic E-state index is 9.32. The molecule has 0 aliphatic heterocycles. The molecule has 0 aliphatic rings. The summed E-state index contributed by atoms with van der Waals surface area (Å²) < 4.78 is 10.9. The van der Waals surface area contributed by atoms with Gasteiger partial charge in [0.2, 0.25) is 5.82 Å². The number of aliphatic hydroxyl groups is 1. The number of ether oxygens (including phenoxy) is 1. The Kier molecular flexibility index (Phi) is 4.73. The zero-order chi connectivity index (χ0) is 17.8. The van der Waals surface area contributed by atoms with Crippen molar-refractivity contribution in [3.8, 4) is 34.7 Å². The van der Waals surface area contributed by atoms with E-state index < -0.39 is 0 Å². The Balaban J connectivity index is 1.93. The van der Waals surface area contributed by atoms with E-state index in [0.29, 0.717) is 39.8 Å². The Labute approximate surface area is 144 Å². The van der Waals surface area contributed by atoms with Crippen LogP contribution in [0.25, 0.3) is 22.8 Å². The van der Waals surface area contributed by atoms with Gasteiger partial charge in [-0.15, -0.1) is 0 Å². The molecule has 0 aliphatic carbocycles. The molecule has 0 spiro atoms. The van der Waals surface area contributed by atoms with Crippen molar-refractivity contribution in [2.24, 2.45) is 0 Å². The fourth-order valence-corrected chi connectivity index (χ4v) is 2.27. The van der Waals surface area contributed by atoms with Crippen molar-refractivity contribution in [3.63, 3.8) is 0 Å². The number of aromatic nitrogens is 3. The molecule has 0 saturated heterocycles. The van der Waals surface area contributed by atoms with Crippen LogP contribution < -0.4 is 4.74 Å². The molecule has 0 amide bonds. The smallest absolute Gasteiger partial charge is 0.258 e. The lowest BCUT2D eigenvalue weighted by Gasteiger charge is -2.11. The van der Waals surface area contributed by atoms with Crippen molar-refractivity contribution in [2.75, 3.05) is 0 Å². The lowest BCUT2D eigenvalue weighted by atomic mass is 10.1. The molecule has 0 unspecified atom stereocenters. The second-order valence-corrected chi connectivity index (χ2v) is 5.61. The average Bonchev–Trinajstić information content (AvgIpc) is 3.12. The Morgan fingerprint density at radius 2 is 2.08 bits per heavy atom. The number of rotatable bonds is 5. The van der Waals surface area contributed by atoms with Gasteiger partial charge in [-0.2, -0.15) is 10.2 Å². The number of nitriles is 1. The van der Waals surface area contributed by atoms with E-state index >= 15 is 0 Å². The minimum Gasteiger partial charge on any atom is -0.490 e. The molecule has 0 bridgehead atoms. The van der Waals surface area contributed by atoms with Crippen LogP contribution in [0.2, 0.25) is 0 Å². The summed E-state index contributed by atoms with van der Waals surface area (Å²) in [6.07, 6.45) is 1.54. The minimum absolute atomic E-state index is 0.0274. The third-order valence-corrected chi connectivity index (χ3v) is 3.37. The van der Waals surface area contributed by atoms with Gasteiger partial charge in [-0.3, -0.25) is 4.98 Å². The van der Waals surface area contributed by atoms with Crippen molar-refractivity contribution in [1.29, 1.82) is 5.26 Å². The van der Waals surface area contributed by atoms with Crippen LogP contribution in [-0.4, -0.2) is 26.3 Å². The molecule has 2 heterocycles. The number of nitrogens with zero attached hydrogens (tertiary/aromatic N) is 4. The topological polar surface area (TPSA) is 105 Å². The Morgan fingerprint density at radius 3 is 2.80 bits per heavy atom. The van der Waals surface area contributed by atoms with Gasteiger partial charge in [-0.1, -0.05) is 5.16 Å². The molecule has 7 heteroatoms. The van der Waals surface area contributed by atoms with E-state index in [1.54, 1.807) is 36.5 Å². The molecule has 0 saturated carbocycles. The average molecular weight is 336 g/mol. The van der Waals surface area contributed by atoms with Crippen LogP contribution in [0.15, 0.2) is 41.1 Å². The summed E-state index contributed by atoms with van der Waals surface area (Å²) >= 11 is 0. The number of hydrogen-bond acceptors (Lipinski definition) is 7. The predicted molar refractivity (Wildman–Crippen MR) is 89.4 cm³/mol. The van der Waals surface area contributed by atoms with Gasteiger partial charge < -0.3 is 14.4 Å². The lowest BCUT2D eigenvalue weighted by Crippen LogP contribution is -2.06. The van der Waals surface area contributed by atoms with Crippen LogP contribution in [0.1, 0.15) is 25.1 Å². The summed E-state index contributed by atoms with van der Waals surface area (Å²) in [5.74, 6) is 1.20. The Bertz CT molecular complexity index is 928. The highest BCUT2D eigenvalue weighted by Crippen LogP contribution is 2.27. The zero-order valence-electron chi connectivity index (χ0n) is 13.8. The molecule has 7 nitrogen and oxygen atoms in total. The van der Waals surface area contributed by atoms with Crippen molar-refractivity contribution in [3.05, 3.63) is 47.8 Å². The second-order valence-electron chi connectivity index (χ2n) is 5.61. The highest BCUT2D eigenvalue weighted by atomic mass is 16.5. The highest BCUT2D eigenvalue weighted by Gasteiger charge is 2.14. The first-order valence-corrected chi connectivity index (χ1v) is 7.71. The molecule has 3 rings (SSSR count). The SMILES string of the molecule is CC(C)Oc1ccc(-c2nc(-c3ccnc(CO)c3)no2)cc1C#N. The van der Waals surface area contributed by atoms with E-state index in [-0.39, 0.29) is 12.7 Å². The molecule has 2 aromatic heterocycles. The highest BCUT2D eigenvalue weighted by molar-refractivity contribution is 5.63. The van der Waals surface area contributed by atoms with Crippen LogP contribution in [0.5, 0.6) is 5.75 Å². The molecular formula is C18H16N4O3. The molecular weight excluding hydrogens is 320 g/mol. The van der Waals surface area contributed by atoms with Gasteiger partial charge in [0.25, 0.3) is 5.89 Å². The van der Waals surface area contributed by atoms with Gasteiger partial charge in [0.15, 0.2) is 0 Å². The molecule has 0 atom stereocenters. The first-order valence-electron chi connectivity index (χ1n) is 7.71. The van der Waals surface area contributed by atoms with E-state index in [1.165, 1.54) is 0 Å². The van der Waals surface area contributed by atoms with Crippen molar-refractivity contribution in [1.82, 2.24) is 15.1 Å². The lowest BCUT2D eigenvalue weighted by molar-refractivity contribution is 0.241. The summed E-state index contributed by atoms with van der Waals surface area (Å²) in [5.41, 5.74) is 2.24. The number of aliphatic hydroxyl groups excluding tert-OH is 1. The number of pyridine rings is 1. The third kappa shape index (κ3) is 3.65. The fourth-order valence-electron chi connectivity index (χ4n) is 2.27. The Morgan fingerprint density at radius 1 is 1.24 bits per heavy atom. The second kappa shape index (κ2) is 7.11. The fraction of sp³-hybridized carbons (Fsp3) is 0.222. The minimum atomic E-state index is -0.165. The first-order chi connectivity index (χ1) is 12.1. The largest absolute Gasteiger partial charge is 0.490 e. The summed E-state index contributed by atoms with van der Waals surface area (Å²) in [7, 11) is 0. The van der Waals surface area contributed by atoms with Crippen LogP contribution in [0, 0.1) is 11.3 Å². The van der Waals surface area contributed by atoms with Crippen LogP contribution in [0.3, 0.4) is 0 Å². The normalized spacial score (nSPS) is 10.7. The number of hydrogen-bond donors (Lipinski definition) is 1. The summed E-state index contributed by atoms with van der Waals surface area (Å²) in [4.78, 5) is 8.37. The molecule has 25 heavy (non-hydrogen) atoms. The van der Waals surface area contributed by atoms with Crippen LogP contribution >= 0.6 is 0 Å². The number of benzene rings is 1. The third-order valence-electron chi connectivity index (χ3n) is 3.37. The van der Waals surface area contributed by atoms with Gasteiger partial charge in [0.05, 0.1) is 24.0 Å². The van der Waals surface area contributed by atoms with E-state index in [1.807, 2.05) is 13.8 Å². The van der Waals surface area contributed by atoms with Crippen molar-refractivity contribution in [2.45, 2.75) is 26.6 Å². The Hall–Kier alpha value is -3.24. The van der Waals surface area contributed by atoms with Gasteiger partial charge in [0, 0.05) is 17.3 Å². The molecule has 0 fully saturated rings. The van der Waals surface area contributed by atoms with E-state index in [2.05, 4.69) is 21.2 Å². The standard InChI is InChI=1S/C18H16N4O3/c1-11(2)24-16-4-3-13(7-14(16)9-19)18-21-17(22-25-18)12-5-6-20-15(8-12)10-23/h3-8,11,23H,10H2,1-2H3. The maximum Gasteiger partial charge on any atom is 0.258 e. The van der Waals surface area contributed by atoms with E-state index in [4.69, 9.17) is 14.4 Å². The molecule has 0 radical (unpaired) electrons. The maximum absolute atomic E-state index is 9.32. The van der Waals surface area contributed by atoms with Crippen LogP contribution in [0.4, 0.5) is 0 Å². The van der Waals surface area contributed by atoms with Gasteiger partial charge in [0.1, 0.15) is 11.8 Å². The summed E-state index contributed by atoms with van der Waals surface area (Å²) in [6.45, 7) is 3.63. The monoisotopic (exact) mass is 336 g/mol. The summed E-state index contributed by atoms with van der Waals surface area (Å²) in [5, 5.41) is 22.4. The quantitative estimate of drug-likeness (QED) is 0.763. The predicted octanol–water partition coefficient (Wildman–Crippen LogP) is 2.95. The summed E-state index contributed by atoms with van der Waals surface area (Å²) in [6, 6.07) is 10.7. The van der Waals surface area contributed by atoms with E-state index in [0.717, 1.165) is 0 Å². The molecule has 3 aromatic rings. The molecule has 1 N–H and O–H groups in total.